The van der Waals surface area contributed by atoms with E-state index in [0.717, 1.165) is 31.2 Å². The van der Waals surface area contributed by atoms with E-state index in [1.807, 2.05) is 0 Å². The summed E-state index contributed by atoms with van der Waals surface area (Å²) in [5.74, 6) is 0.587. The lowest BCUT2D eigenvalue weighted by Gasteiger charge is -2.45. The summed E-state index contributed by atoms with van der Waals surface area (Å²) in [7, 11) is 0. The average Bonchev–Trinajstić information content (AvgIpc) is 2.26. The zero-order valence-electron chi connectivity index (χ0n) is 12.9. The largest absolute Gasteiger partial charge is 0.385 e. The molecule has 1 nitrogen and oxygen atoms in total. The highest BCUT2D eigenvalue weighted by Gasteiger charge is 2.42. The van der Waals surface area contributed by atoms with Gasteiger partial charge in [-0.3, -0.25) is 0 Å². The Morgan fingerprint density at radius 2 is 2.00 bits per heavy atom. The van der Waals surface area contributed by atoms with Gasteiger partial charge >= 0.3 is 0 Å². The highest BCUT2D eigenvalue weighted by molar-refractivity contribution is 5.29. The highest BCUT2D eigenvalue weighted by Crippen LogP contribution is 2.48. The van der Waals surface area contributed by atoms with Crippen molar-refractivity contribution in [2.45, 2.75) is 65.4 Å². The smallest absolute Gasteiger partial charge is 0.0904 e. The molecule has 1 aromatic carbocycles. The number of hydrogen-bond acceptors (Lipinski definition) is 1. The van der Waals surface area contributed by atoms with Gasteiger partial charge in [0.2, 0.25) is 0 Å². The van der Waals surface area contributed by atoms with E-state index in [1.54, 1.807) is 0 Å². The molecule has 1 aliphatic carbocycles. The predicted molar refractivity (Wildman–Crippen MR) is 81.1 cm³/mol. The molecule has 0 aromatic heterocycles. The minimum Gasteiger partial charge on any atom is -0.385 e. The number of hydrogen-bond donors (Lipinski definition) is 1. The molecule has 1 saturated carbocycles. The van der Waals surface area contributed by atoms with Gasteiger partial charge in [-0.2, -0.15) is 0 Å². The Morgan fingerprint density at radius 1 is 1.26 bits per heavy atom. The fraction of sp³-hybridized carbons (Fsp3) is 0.667. The van der Waals surface area contributed by atoms with Gasteiger partial charge in [-0.05, 0) is 48.1 Å². The van der Waals surface area contributed by atoms with E-state index in [0.29, 0.717) is 5.92 Å². The Hall–Kier alpha value is -0.820. The molecule has 19 heavy (non-hydrogen) atoms. The van der Waals surface area contributed by atoms with Crippen molar-refractivity contribution in [2.75, 3.05) is 0 Å². The molecule has 1 heteroatoms. The standard InChI is InChI=1S/C18H28O/c1-5-7-15-8-6-9-16(10-15)18(19)12-14(2)11-17(3,4)13-18/h6,8-10,14,19H,5,7,11-13H2,1-4H3. The molecule has 0 radical (unpaired) electrons. The molecule has 2 rings (SSSR count). The van der Waals surface area contributed by atoms with Crippen LogP contribution < -0.4 is 0 Å². The molecule has 106 valence electrons. The fourth-order valence-corrected chi connectivity index (χ4v) is 4.05. The Bertz CT molecular complexity index is 435. The van der Waals surface area contributed by atoms with Crippen LogP contribution in [0.2, 0.25) is 0 Å². The maximum Gasteiger partial charge on any atom is 0.0904 e. The van der Waals surface area contributed by atoms with Crippen molar-refractivity contribution in [1.82, 2.24) is 0 Å². The second kappa shape index (κ2) is 5.28. The quantitative estimate of drug-likeness (QED) is 0.837. The van der Waals surface area contributed by atoms with E-state index in [4.69, 9.17) is 0 Å². The molecule has 1 aliphatic rings. The van der Waals surface area contributed by atoms with Gasteiger partial charge in [0.25, 0.3) is 0 Å². The summed E-state index contributed by atoms with van der Waals surface area (Å²) in [6.45, 7) is 9.03. The van der Waals surface area contributed by atoms with E-state index >= 15 is 0 Å². The third kappa shape index (κ3) is 3.39. The lowest BCUT2D eigenvalue weighted by Crippen LogP contribution is -2.40. The lowest BCUT2D eigenvalue weighted by molar-refractivity contribution is -0.0635. The first-order valence-electron chi connectivity index (χ1n) is 7.66. The van der Waals surface area contributed by atoms with Crippen molar-refractivity contribution in [3.05, 3.63) is 35.4 Å². The first kappa shape index (κ1) is 14.6. The van der Waals surface area contributed by atoms with Crippen molar-refractivity contribution in [1.29, 1.82) is 0 Å². The topological polar surface area (TPSA) is 20.2 Å². The summed E-state index contributed by atoms with van der Waals surface area (Å²) < 4.78 is 0. The molecule has 0 amide bonds. The number of benzene rings is 1. The molecular weight excluding hydrogens is 232 g/mol. The van der Waals surface area contributed by atoms with Crippen molar-refractivity contribution in [3.8, 4) is 0 Å². The highest BCUT2D eigenvalue weighted by atomic mass is 16.3. The number of aliphatic hydroxyl groups is 1. The molecule has 0 aliphatic heterocycles. The SMILES string of the molecule is CCCc1cccc(C2(O)CC(C)CC(C)(C)C2)c1. The molecule has 1 N–H and O–H groups in total. The van der Waals surface area contributed by atoms with Crippen LogP contribution in [0, 0.1) is 11.3 Å². The van der Waals surface area contributed by atoms with Crippen LogP contribution in [0.25, 0.3) is 0 Å². The van der Waals surface area contributed by atoms with Gasteiger partial charge in [-0.15, -0.1) is 0 Å². The molecule has 0 spiro atoms. The van der Waals surface area contributed by atoms with Gasteiger partial charge in [-0.1, -0.05) is 58.4 Å². The van der Waals surface area contributed by atoms with Crippen LogP contribution in [-0.4, -0.2) is 5.11 Å². The molecular formula is C18H28O. The maximum absolute atomic E-state index is 11.1. The van der Waals surface area contributed by atoms with Crippen LogP contribution in [0.1, 0.15) is 64.5 Å². The van der Waals surface area contributed by atoms with Crippen molar-refractivity contribution in [3.63, 3.8) is 0 Å². The number of rotatable bonds is 3. The minimum absolute atomic E-state index is 0.229. The van der Waals surface area contributed by atoms with Crippen LogP contribution in [0.3, 0.4) is 0 Å². The predicted octanol–water partition coefficient (Wildman–Crippen LogP) is 4.67. The van der Waals surface area contributed by atoms with Gasteiger partial charge in [0.1, 0.15) is 0 Å². The Morgan fingerprint density at radius 3 is 2.63 bits per heavy atom. The van der Waals surface area contributed by atoms with E-state index in [9.17, 15) is 5.11 Å². The average molecular weight is 260 g/mol. The summed E-state index contributed by atoms with van der Waals surface area (Å²) in [4.78, 5) is 0. The molecule has 1 fully saturated rings. The number of aryl methyl sites for hydroxylation is 1. The normalized spacial score (nSPS) is 30.3. The molecule has 1 aromatic rings. The zero-order chi connectivity index (χ0) is 14.1. The lowest BCUT2D eigenvalue weighted by atomic mass is 9.64. The molecule has 2 atom stereocenters. The van der Waals surface area contributed by atoms with Crippen LogP contribution in [-0.2, 0) is 12.0 Å². The first-order chi connectivity index (χ1) is 8.85. The van der Waals surface area contributed by atoms with E-state index in [2.05, 4.69) is 52.0 Å². The second-order valence-electron chi connectivity index (χ2n) is 7.34. The summed E-state index contributed by atoms with van der Waals surface area (Å²) in [5, 5.41) is 11.1. The van der Waals surface area contributed by atoms with Crippen LogP contribution >= 0.6 is 0 Å². The van der Waals surface area contributed by atoms with Crippen molar-refractivity contribution < 1.29 is 5.11 Å². The molecule has 0 saturated heterocycles. The molecule has 0 bridgehead atoms. The summed E-state index contributed by atoms with van der Waals surface area (Å²) >= 11 is 0. The van der Waals surface area contributed by atoms with Crippen LogP contribution in [0.5, 0.6) is 0 Å². The third-order valence-corrected chi connectivity index (χ3v) is 4.36. The second-order valence-corrected chi connectivity index (χ2v) is 7.34. The van der Waals surface area contributed by atoms with Gasteiger partial charge in [0.15, 0.2) is 0 Å². The molecule has 0 heterocycles. The first-order valence-corrected chi connectivity index (χ1v) is 7.66. The monoisotopic (exact) mass is 260 g/mol. The third-order valence-electron chi connectivity index (χ3n) is 4.36. The van der Waals surface area contributed by atoms with Crippen molar-refractivity contribution in [2.24, 2.45) is 11.3 Å². The summed E-state index contributed by atoms with van der Waals surface area (Å²) in [5.41, 5.74) is 2.07. The Balaban J connectivity index is 2.30. The van der Waals surface area contributed by atoms with Crippen LogP contribution in [0.4, 0.5) is 0 Å². The van der Waals surface area contributed by atoms with Gasteiger partial charge in [0.05, 0.1) is 5.60 Å². The zero-order valence-corrected chi connectivity index (χ0v) is 12.9. The van der Waals surface area contributed by atoms with Crippen molar-refractivity contribution >= 4 is 0 Å². The fourth-order valence-electron chi connectivity index (χ4n) is 4.05. The molecule has 2 unspecified atom stereocenters. The summed E-state index contributed by atoms with van der Waals surface area (Å²) in [6.07, 6.45) is 5.24. The summed E-state index contributed by atoms with van der Waals surface area (Å²) in [6, 6.07) is 8.60. The van der Waals surface area contributed by atoms with Gasteiger partial charge in [-0.25, -0.2) is 0 Å². The van der Waals surface area contributed by atoms with E-state index in [1.165, 1.54) is 12.0 Å². The minimum atomic E-state index is -0.634. The van der Waals surface area contributed by atoms with Gasteiger partial charge < -0.3 is 5.11 Å². The Kier molecular flexibility index (Phi) is 4.06. The Labute approximate surface area is 118 Å². The van der Waals surface area contributed by atoms with Gasteiger partial charge in [0, 0.05) is 0 Å². The van der Waals surface area contributed by atoms with Crippen LogP contribution in [0.15, 0.2) is 24.3 Å². The van der Waals surface area contributed by atoms with E-state index < -0.39 is 5.60 Å². The van der Waals surface area contributed by atoms with E-state index in [-0.39, 0.29) is 5.41 Å². The maximum atomic E-state index is 11.1.